The first kappa shape index (κ1) is 19.1. The first-order valence-corrected chi connectivity index (χ1v) is 10.9. The molecule has 0 fully saturated rings. The Bertz CT molecular complexity index is 1490. The van der Waals surface area contributed by atoms with E-state index >= 15 is 0 Å². The van der Waals surface area contributed by atoms with Crippen LogP contribution in [0.3, 0.4) is 0 Å². The van der Waals surface area contributed by atoms with Gasteiger partial charge in [-0.1, -0.05) is 11.8 Å². The lowest BCUT2D eigenvalue weighted by atomic mass is 10.1. The first-order valence-electron chi connectivity index (χ1n) is 9.16. The Morgan fingerprint density at radius 3 is 2.80 bits per heavy atom. The highest BCUT2D eigenvalue weighted by Crippen LogP contribution is 2.29. The zero-order valence-electron chi connectivity index (χ0n) is 16.2. The molecule has 1 aromatic carbocycles. The van der Waals surface area contributed by atoms with Crippen molar-refractivity contribution in [3.05, 3.63) is 74.7 Å². The Balaban J connectivity index is 1.56. The van der Waals surface area contributed by atoms with Gasteiger partial charge in [-0.05, 0) is 58.7 Å². The van der Waals surface area contributed by atoms with E-state index in [1.165, 1.54) is 16.2 Å². The standard InChI is InChI=1S/C21H16BrN5O2S/c1-12-7-19-24-25-21(27(19)17-9-15(29-2)4-5-16(12)17)30-11-14-8-20(28)26-10-13(22)3-6-18(26)23-14/h3-10H,11H2,1-2H3. The summed E-state index contributed by atoms with van der Waals surface area (Å²) in [5.41, 5.74) is 4.06. The smallest absolute Gasteiger partial charge is 0.258 e. The normalized spacial score (nSPS) is 11.6. The van der Waals surface area contributed by atoms with Crippen LogP contribution in [0, 0.1) is 6.92 Å². The fourth-order valence-electron chi connectivity index (χ4n) is 3.46. The maximum absolute atomic E-state index is 12.5. The van der Waals surface area contributed by atoms with Crippen LogP contribution in [0.25, 0.3) is 22.2 Å². The highest BCUT2D eigenvalue weighted by molar-refractivity contribution is 9.10. The summed E-state index contributed by atoms with van der Waals surface area (Å²) in [6, 6.07) is 13.2. The average molecular weight is 482 g/mol. The maximum atomic E-state index is 12.5. The lowest BCUT2D eigenvalue weighted by Crippen LogP contribution is -2.15. The highest BCUT2D eigenvalue weighted by Gasteiger charge is 2.13. The SMILES string of the molecule is COc1ccc2c(C)cc3nnc(SCc4cc(=O)n5cc(Br)ccc5n4)n3c2c1. The van der Waals surface area contributed by atoms with E-state index in [4.69, 9.17) is 4.74 Å². The molecule has 0 atom stereocenters. The molecule has 5 rings (SSSR count). The van der Waals surface area contributed by atoms with Gasteiger partial charge < -0.3 is 4.74 Å². The van der Waals surface area contributed by atoms with Crippen LogP contribution in [0.15, 0.2) is 63.1 Å². The van der Waals surface area contributed by atoms with Crippen molar-refractivity contribution in [1.82, 2.24) is 24.0 Å². The van der Waals surface area contributed by atoms with Crippen LogP contribution >= 0.6 is 27.7 Å². The minimum atomic E-state index is -0.117. The molecule has 4 aromatic heterocycles. The third-order valence-electron chi connectivity index (χ3n) is 4.90. The van der Waals surface area contributed by atoms with Crippen molar-refractivity contribution in [2.24, 2.45) is 0 Å². The number of aryl methyl sites for hydroxylation is 1. The van der Waals surface area contributed by atoms with Gasteiger partial charge in [0.2, 0.25) is 0 Å². The molecule has 0 spiro atoms. The third kappa shape index (κ3) is 3.23. The second-order valence-electron chi connectivity index (χ2n) is 6.84. The van der Waals surface area contributed by atoms with E-state index < -0.39 is 0 Å². The van der Waals surface area contributed by atoms with Crippen LogP contribution in [-0.2, 0) is 5.75 Å². The van der Waals surface area contributed by atoms with Crippen molar-refractivity contribution in [1.29, 1.82) is 0 Å². The molecule has 0 bridgehead atoms. The van der Waals surface area contributed by atoms with Gasteiger partial charge in [-0.3, -0.25) is 13.6 Å². The van der Waals surface area contributed by atoms with Gasteiger partial charge in [0.05, 0.1) is 18.3 Å². The van der Waals surface area contributed by atoms with Crippen LogP contribution in [0.5, 0.6) is 5.75 Å². The van der Waals surface area contributed by atoms with E-state index in [2.05, 4.69) is 38.0 Å². The van der Waals surface area contributed by atoms with Crippen LogP contribution in [0.4, 0.5) is 0 Å². The number of thioether (sulfide) groups is 1. The molecule has 9 heteroatoms. The monoisotopic (exact) mass is 481 g/mol. The number of hydrogen-bond donors (Lipinski definition) is 0. The van der Waals surface area contributed by atoms with Crippen LogP contribution < -0.4 is 10.3 Å². The highest BCUT2D eigenvalue weighted by atomic mass is 79.9. The van der Waals surface area contributed by atoms with E-state index in [1.807, 2.05) is 40.8 Å². The Morgan fingerprint density at radius 1 is 1.10 bits per heavy atom. The molecule has 30 heavy (non-hydrogen) atoms. The number of fused-ring (bicyclic) bond motifs is 4. The molecule has 0 unspecified atom stereocenters. The second kappa shape index (κ2) is 7.41. The largest absolute Gasteiger partial charge is 0.497 e. The molecule has 0 saturated carbocycles. The Kier molecular flexibility index (Phi) is 4.71. The molecule has 4 heterocycles. The molecule has 0 radical (unpaired) electrons. The summed E-state index contributed by atoms with van der Waals surface area (Å²) in [6.45, 7) is 2.06. The van der Waals surface area contributed by atoms with E-state index in [0.717, 1.165) is 37.5 Å². The fraction of sp³-hybridized carbons (Fsp3) is 0.143. The van der Waals surface area contributed by atoms with E-state index in [0.29, 0.717) is 17.1 Å². The van der Waals surface area contributed by atoms with Crippen molar-refractivity contribution in [2.75, 3.05) is 7.11 Å². The predicted molar refractivity (Wildman–Crippen MR) is 121 cm³/mol. The lowest BCUT2D eigenvalue weighted by molar-refractivity contribution is 0.415. The van der Waals surface area contributed by atoms with Crippen molar-refractivity contribution in [3.8, 4) is 5.75 Å². The Hall–Kier alpha value is -2.91. The molecular formula is C21H16BrN5O2S. The summed E-state index contributed by atoms with van der Waals surface area (Å²) >= 11 is 4.87. The Morgan fingerprint density at radius 2 is 1.97 bits per heavy atom. The number of nitrogens with zero attached hydrogens (tertiary/aromatic N) is 5. The van der Waals surface area contributed by atoms with Gasteiger partial charge in [-0.15, -0.1) is 10.2 Å². The number of rotatable bonds is 4. The van der Waals surface area contributed by atoms with Gasteiger partial charge in [-0.25, -0.2) is 4.98 Å². The van der Waals surface area contributed by atoms with E-state index in [-0.39, 0.29) is 5.56 Å². The second-order valence-corrected chi connectivity index (χ2v) is 8.69. The lowest BCUT2D eigenvalue weighted by Gasteiger charge is -2.09. The molecular weight excluding hydrogens is 466 g/mol. The van der Waals surface area contributed by atoms with Crippen molar-refractivity contribution in [3.63, 3.8) is 0 Å². The summed E-state index contributed by atoms with van der Waals surface area (Å²) in [6.07, 6.45) is 1.72. The molecule has 7 nitrogen and oxygen atoms in total. The molecule has 5 aromatic rings. The Labute approximate surface area is 183 Å². The van der Waals surface area contributed by atoms with Gasteiger partial charge in [0.1, 0.15) is 11.4 Å². The number of methoxy groups -OCH3 is 1. The zero-order chi connectivity index (χ0) is 20.8. The minimum Gasteiger partial charge on any atom is -0.497 e. The molecule has 0 saturated heterocycles. The van der Waals surface area contributed by atoms with Crippen LogP contribution in [0.1, 0.15) is 11.3 Å². The summed E-state index contributed by atoms with van der Waals surface area (Å²) in [5.74, 6) is 1.27. The van der Waals surface area contributed by atoms with Gasteiger partial charge >= 0.3 is 0 Å². The molecule has 0 aliphatic carbocycles. The molecule has 0 aliphatic rings. The van der Waals surface area contributed by atoms with E-state index in [9.17, 15) is 4.79 Å². The summed E-state index contributed by atoms with van der Waals surface area (Å²) in [7, 11) is 1.65. The number of benzene rings is 1. The first-order chi connectivity index (χ1) is 14.5. The zero-order valence-corrected chi connectivity index (χ0v) is 18.6. The van der Waals surface area contributed by atoms with Gasteiger partial charge in [0, 0.05) is 33.9 Å². The summed E-state index contributed by atoms with van der Waals surface area (Å²) in [4.78, 5) is 17.1. The topological polar surface area (TPSA) is 73.8 Å². The van der Waals surface area contributed by atoms with Crippen LogP contribution in [0.2, 0.25) is 0 Å². The minimum absolute atomic E-state index is 0.117. The quantitative estimate of drug-likeness (QED) is 0.357. The number of halogens is 1. The number of aromatic nitrogens is 5. The molecule has 0 aliphatic heterocycles. The molecule has 150 valence electrons. The fourth-order valence-corrected chi connectivity index (χ4v) is 4.64. The van der Waals surface area contributed by atoms with Crippen molar-refractivity contribution in [2.45, 2.75) is 17.8 Å². The number of pyridine rings is 2. The average Bonchev–Trinajstić information content (AvgIpc) is 3.15. The number of ether oxygens (including phenoxy) is 1. The van der Waals surface area contributed by atoms with Gasteiger partial charge in [-0.2, -0.15) is 0 Å². The van der Waals surface area contributed by atoms with Gasteiger partial charge in [0.25, 0.3) is 5.56 Å². The molecule has 0 amide bonds. The predicted octanol–water partition coefficient (Wildman–Crippen LogP) is 4.26. The van der Waals surface area contributed by atoms with Gasteiger partial charge in [0.15, 0.2) is 10.8 Å². The van der Waals surface area contributed by atoms with Crippen molar-refractivity contribution >= 4 is 49.9 Å². The summed E-state index contributed by atoms with van der Waals surface area (Å²) in [5, 5.41) is 10.6. The molecule has 0 N–H and O–H groups in total. The maximum Gasteiger partial charge on any atom is 0.258 e. The van der Waals surface area contributed by atoms with E-state index in [1.54, 1.807) is 19.4 Å². The number of hydrogen-bond acceptors (Lipinski definition) is 6. The van der Waals surface area contributed by atoms with Crippen molar-refractivity contribution < 1.29 is 4.74 Å². The van der Waals surface area contributed by atoms with Crippen LogP contribution in [-0.4, -0.2) is 31.1 Å². The third-order valence-corrected chi connectivity index (χ3v) is 6.33. The summed E-state index contributed by atoms with van der Waals surface area (Å²) < 4.78 is 9.77.